The topological polar surface area (TPSA) is 55.0 Å². The molecule has 0 radical (unpaired) electrons. The largest absolute Gasteiger partial charge is 0.405 e. The number of hydrogen-bond acceptors (Lipinski definition) is 3. The first-order chi connectivity index (χ1) is 8.25. The monoisotopic (exact) mass is 226 g/mol. The zero-order valence-corrected chi connectivity index (χ0v) is 9.23. The Balaban J connectivity index is 2.35. The fraction of sp³-hybridized carbons (Fsp3) is 0.0769. The van der Waals surface area contributed by atoms with Crippen LogP contribution in [-0.4, -0.2) is 15.9 Å². The van der Waals surface area contributed by atoms with Gasteiger partial charge in [-0.25, -0.2) is 4.98 Å². The summed E-state index contributed by atoms with van der Waals surface area (Å²) in [7, 11) is 0. The highest BCUT2D eigenvalue weighted by molar-refractivity contribution is 6.08. The van der Waals surface area contributed by atoms with E-state index in [1.54, 1.807) is 6.20 Å². The van der Waals surface area contributed by atoms with E-state index in [1.165, 1.54) is 6.92 Å². The van der Waals surface area contributed by atoms with Gasteiger partial charge in [0.05, 0.1) is 0 Å². The Morgan fingerprint density at radius 2 is 2.06 bits per heavy atom. The van der Waals surface area contributed by atoms with Gasteiger partial charge in [-0.3, -0.25) is 4.79 Å². The predicted molar refractivity (Wildman–Crippen MR) is 64.9 cm³/mol. The number of nitrogens with one attached hydrogen (secondary N) is 1. The third-order valence-electron chi connectivity index (χ3n) is 2.63. The Kier molecular flexibility index (Phi) is 2.08. The van der Waals surface area contributed by atoms with Gasteiger partial charge in [0.25, 0.3) is 0 Å². The van der Waals surface area contributed by atoms with E-state index < -0.39 is 0 Å². The van der Waals surface area contributed by atoms with Gasteiger partial charge in [0.1, 0.15) is 5.52 Å². The number of nitrogens with zero attached hydrogens (tertiary/aromatic N) is 1. The Morgan fingerprint density at radius 1 is 1.24 bits per heavy atom. The van der Waals surface area contributed by atoms with Crippen molar-refractivity contribution in [3.05, 3.63) is 36.5 Å². The Labute approximate surface area is 97.2 Å². The van der Waals surface area contributed by atoms with Crippen LogP contribution < -0.4 is 4.74 Å². The number of carbonyl (C=O) groups is 1. The summed E-state index contributed by atoms with van der Waals surface area (Å²) >= 11 is 0. The van der Waals surface area contributed by atoms with E-state index in [1.807, 2.05) is 30.3 Å². The van der Waals surface area contributed by atoms with Crippen molar-refractivity contribution in [2.45, 2.75) is 6.92 Å². The number of para-hydroxylation sites is 1. The maximum absolute atomic E-state index is 11.0. The molecule has 0 atom stereocenters. The van der Waals surface area contributed by atoms with E-state index in [-0.39, 0.29) is 5.97 Å². The van der Waals surface area contributed by atoms with E-state index in [4.69, 9.17) is 4.74 Å². The van der Waals surface area contributed by atoms with Gasteiger partial charge in [0.15, 0.2) is 0 Å². The number of carbonyl (C=O) groups excluding carboxylic acids is 1. The van der Waals surface area contributed by atoms with Crippen molar-refractivity contribution in [2.75, 3.05) is 0 Å². The van der Waals surface area contributed by atoms with E-state index in [0.717, 1.165) is 21.8 Å². The summed E-state index contributed by atoms with van der Waals surface area (Å²) in [6.07, 6.45) is 1.64. The lowest BCUT2D eigenvalue weighted by atomic mass is 10.2. The molecular formula is C13H10N2O2. The van der Waals surface area contributed by atoms with E-state index >= 15 is 0 Å². The predicted octanol–water partition coefficient (Wildman–Crippen LogP) is 2.64. The van der Waals surface area contributed by atoms with Crippen LogP contribution in [0, 0.1) is 0 Å². The summed E-state index contributed by atoms with van der Waals surface area (Å²) in [6.45, 7) is 1.36. The van der Waals surface area contributed by atoms with Gasteiger partial charge >= 0.3 is 5.97 Å². The molecule has 0 amide bonds. The van der Waals surface area contributed by atoms with Gasteiger partial charge in [-0.15, -0.1) is 0 Å². The number of H-pyrrole nitrogens is 1. The van der Waals surface area contributed by atoms with Crippen molar-refractivity contribution in [1.82, 2.24) is 9.97 Å². The summed E-state index contributed by atoms with van der Waals surface area (Å²) in [5, 5.41) is 2.10. The molecule has 1 N–H and O–H groups in total. The number of hydrogen-bond donors (Lipinski definition) is 1. The Bertz CT molecular complexity index is 716. The molecule has 4 heteroatoms. The molecule has 0 aliphatic heterocycles. The molecule has 4 nitrogen and oxygen atoms in total. The highest BCUT2D eigenvalue weighted by Gasteiger charge is 2.10. The van der Waals surface area contributed by atoms with E-state index in [9.17, 15) is 4.79 Å². The van der Waals surface area contributed by atoms with Crippen molar-refractivity contribution in [1.29, 1.82) is 0 Å². The number of aromatic amines is 1. The van der Waals surface area contributed by atoms with Gasteiger partial charge < -0.3 is 9.72 Å². The van der Waals surface area contributed by atoms with Crippen LogP contribution >= 0.6 is 0 Å². The summed E-state index contributed by atoms with van der Waals surface area (Å²) in [5.41, 5.74) is 1.76. The molecule has 0 aliphatic rings. The van der Waals surface area contributed by atoms with Crippen molar-refractivity contribution in [3.63, 3.8) is 0 Å². The summed E-state index contributed by atoms with van der Waals surface area (Å²) in [5.74, 6) is -0.0464. The lowest BCUT2D eigenvalue weighted by molar-refractivity contribution is -0.132. The molecule has 2 aromatic heterocycles. The molecule has 0 unspecified atom stereocenters. The van der Waals surface area contributed by atoms with Gasteiger partial charge in [0, 0.05) is 29.4 Å². The van der Waals surface area contributed by atoms with E-state index in [2.05, 4.69) is 9.97 Å². The third kappa shape index (κ3) is 1.54. The number of ether oxygens (including phenoxy) is 1. The van der Waals surface area contributed by atoms with Gasteiger partial charge in [-0.2, -0.15) is 0 Å². The lowest BCUT2D eigenvalue weighted by Gasteiger charge is -2.00. The fourth-order valence-electron chi connectivity index (χ4n) is 1.96. The van der Waals surface area contributed by atoms with Crippen LogP contribution in [-0.2, 0) is 4.79 Å². The normalized spacial score (nSPS) is 10.9. The molecule has 0 saturated heterocycles. The molecular weight excluding hydrogens is 216 g/mol. The van der Waals surface area contributed by atoms with Crippen molar-refractivity contribution < 1.29 is 9.53 Å². The van der Waals surface area contributed by atoms with Crippen LogP contribution in [0.2, 0.25) is 0 Å². The maximum atomic E-state index is 11.0. The smallest absolute Gasteiger partial charge is 0.309 e. The average molecular weight is 226 g/mol. The second-order valence-corrected chi connectivity index (χ2v) is 3.80. The lowest BCUT2D eigenvalue weighted by Crippen LogP contribution is -2.03. The first-order valence-corrected chi connectivity index (χ1v) is 5.29. The molecule has 1 aromatic carbocycles. The molecule has 0 spiro atoms. The molecule has 0 fully saturated rings. The number of esters is 1. The molecule has 0 aliphatic carbocycles. The Morgan fingerprint density at radius 3 is 2.88 bits per heavy atom. The standard InChI is InChI=1S/C13H10N2O2/c1-8(16)17-13-12-10(6-7-14-13)9-4-2-3-5-11(9)15-12/h2-7,15H,1H3. The second kappa shape index (κ2) is 3.59. The minimum absolute atomic E-state index is 0.325. The first-order valence-electron chi connectivity index (χ1n) is 5.29. The number of aromatic nitrogens is 2. The van der Waals surface area contributed by atoms with Crippen molar-refractivity contribution in [2.24, 2.45) is 0 Å². The molecule has 3 aromatic rings. The number of rotatable bonds is 1. The second-order valence-electron chi connectivity index (χ2n) is 3.80. The molecule has 0 bridgehead atoms. The summed E-state index contributed by atoms with van der Waals surface area (Å²) in [6, 6.07) is 9.83. The summed E-state index contributed by atoms with van der Waals surface area (Å²) in [4.78, 5) is 18.3. The first kappa shape index (κ1) is 9.84. The fourth-order valence-corrected chi connectivity index (χ4v) is 1.96. The third-order valence-corrected chi connectivity index (χ3v) is 2.63. The molecule has 2 heterocycles. The summed E-state index contributed by atoms with van der Waals surface area (Å²) < 4.78 is 5.08. The van der Waals surface area contributed by atoms with Crippen LogP contribution in [0.15, 0.2) is 36.5 Å². The number of pyridine rings is 1. The number of fused-ring (bicyclic) bond motifs is 3. The van der Waals surface area contributed by atoms with Gasteiger partial charge in [0.2, 0.25) is 5.88 Å². The van der Waals surface area contributed by atoms with Crippen molar-refractivity contribution >= 4 is 27.8 Å². The Hall–Kier alpha value is -2.36. The molecule has 3 rings (SSSR count). The van der Waals surface area contributed by atoms with Crippen molar-refractivity contribution in [3.8, 4) is 5.88 Å². The molecule has 0 saturated carbocycles. The van der Waals surface area contributed by atoms with E-state index in [0.29, 0.717) is 5.88 Å². The number of benzene rings is 1. The average Bonchev–Trinajstić information content (AvgIpc) is 2.68. The highest BCUT2D eigenvalue weighted by atomic mass is 16.5. The minimum Gasteiger partial charge on any atom is -0.405 e. The van der Waals surface area contributed by atoms with Crippen LogP contribution in [0.1, 0.15) is 6.92 Å². The maximum Gasteiger partial charge on any atom is 0.309 e. The van der Waals surface area contributed by atoms with Gasteiger partial charge in [-0.1, -0.05) is 18.2 Å². The van der Waals surface area contributed by atoms with Crippen LogP contribution in [0.4, 0.5) is 0 Å². The highest BCUT2D eigenvalue weighted by Crippen LogP contribution is 2.29. The van der Waals surface area contributed by atoms with Crippen LogP contribution in [0.3, 0.4) is 0 Å². The molecule has 17 heavy (non-hydrogen) atoms. The molecule has 84 valence electrons. The van der Waals surface area contributed by atoms with Crippen LogP contribution in [0.5, 0.6) is 5.88 Å². The SMILES string of the molecule is CC(=O)Oc1nccc2c1[nH]c1ccccc12. The zero-order chi connectivity index (χ0) is 11.8. The zero-order valence-electron chi connectivity index (χ0n) is 9.23. The van der Waals surface area contributed by atoms with Gasteiger partial charge in [-0.05, 0) is 12.1 Å². The minimum atomic E-state index is -0.372. The van der Waals surface area contributed by atoms with Crippen LogP contribution in [0.25, 0.3) is 21.8 Å². The quantitative estimate of drug-likeness (QED) is 0.649.